The molecule has 100 valence electrons. The first-order valence-corrected chi connectivity index (χ1v) is 6.36. The minimum Gasteiger partial charge on any atom is -0.496 e. The number of hydrogen-bond donors (Lipinski definition) is 1. The zero-order valence-corrected chi connectivity index (χ0v) is 11.3. The smallest absolute Gasteiger partial charge is 0.328 e. The molecule has 1 aliphatic carbocycles. The number of methoxy groups -OCH3 is 1. The fourth-order valence-corrected chi connectivity index (χ4v) is 2.83. The molecule has 0 heterocycles. The van der Waals surface area contributed by atoms with E-state index in [-0.39, 0.29) is 0 Å². The van der Waals surface area contributed by atoms with Gasteiger partial charge < -0.3 is 9.84 Å². The molecule has 0 aliphatic heterocycles. The first-order valence-electron chi connectivity index (χ1n) is 6.36. The number of rotatable bonds is 2. The van der Waals surface area contributed by atoms with Gasteiger partial charge in [-0.3, -0.25) is 0 Å². The van der Waals surface area contributed by atoms with Crippen molar-refractivity contribution >= 4 is 11.5 Å². The van der Waals surface area contributed by atoms with E-state index in [9.17, 15) is 4.79 Å². The first kappa shape index (κ1) is 12.5. The number of ether oxygens (including phenoxy) is 1. The molecular formula is C17H14O3. The number of benzene rings is 2. The molecule has 0 saturated carbocycles. The molecule has 3 nitrogen and oxygen atoms in total. The third-order valence-corrected chi connectivity index (χ3v) is 3.62. The summed E-state index contributed by atoms with van der Waals surface area (Å²) in [5.41, 5.74) is 5.76. The van der Waals surface area contributed by atoms with Crippen molar-refractivity contribution in [1.82, 2.24) is 0 Å². The van der Waals surface area contributed by atoms with Crippen molar-refractivity contribution in [2.75, 3.05) is 7.11 Å². The van der Waals surface area contributed by atoms with Crippen molar-refractivity contribution in [1.29, 1.82) is 0 Å². The molecule has 0 unspecified atom stereocenters. The molecule has 0 radical (unpaired) electrons. The summed E-state index contributed by atoms with van der Waals surface area (Å²) >= 11 is 0. The lowest BCUT2D eigenvalue weighted by molar-refractivity contribution is -0.131. The van der Waals surface area contributed by atoms with Crippen LogP contribution in [-0.4, -0.2) is 18.2 Å². The Hall–Kier alpha value is -2.55. The second kappa shape index (κ2) is 4.53. The van der Waals surface area contributed by atoms with E-state index in [2.05, 4.69) is 0 Å². The summed E-state index contributed by atoms with van der Waals surface area (Å²) in [6.45, 7) is 2.03. The predicted molar refractivity (Wildman–Crippen MR) is 77.9 cm³/mol. The zero-order valence-electron chi connectivity index (χ0n) is 11.3. The molecule has 0 atom stereocenters. The van der Waals surface area contributed by atoms with Gasteiger partial charge in [0.05, 0.1) is 7.11 Å². The molecule has 2 aromatic carbocycles. The molecular weight excluding hydrogens is 252 g/mol. The van der Waals surface area contributed by atoms with Crippen LogP contribution in [0.25, 0.3) is 16.7 Å². The molecule has 0 spiro atoms. The lowest BCUT2D eigenvalue weighted by Gasteiger charge is -2.09. The highest BCUT2D eigenvalue weighted by Crippen LogP contribution is 2.49. The minimum atomic E-state index is -0.942. The Bertz CT molecular complexity index is 742. The average molecular weight is 266 g/mol. The van der Waals surface area contributed by atoms with Crippen LogP contribution in [0.5, 0.6) is 5.75 Å². The normalized spacial score (nSPS) is 14.0. The number of carboxylic acids is 1. The first-order chi connectivity index (χ1) is 9.63. The molecule has 1 N–H and O–H groups in total. The summed E-state index contributed by atoms with van der Waals surface area (Å²) < 4.78 is 5.45. The van der Waals surface area contributed by atoms with Gasteiger partial charge in [-0.25, -0.2) is 4.79 Å². The van der Waals surface area contributed by atoms with Gasteiger partial charge in [0.25, 0.3) is 0 Å². The van der Waals surface area contributed by atoms with E-state index in [1.165, 1.54) is 6.08 Å². The summed E-state index contributed by atoms with van der Waals surface area (Å²) in [7, 11) is 1.63. The topological polar surface area (TPSA) is 46.5 Å². The van der Waals surface area contributed by atoms with Gasteiger partial charge in [-0.15, -0.1) is 0 Å². The standard InChI is InChI=1S/C17H14O3/c1-10-5-3-6-11-13(9-15(18)19)12-7-4-8-14(20-2)17(12)16(10)11/h3-9H,1-2H3,(H,18,19)/b13-9+. The number of aliphatic carboxylic acids is 1. The van der Waals surface area contributed by atoms with Crippen molar-refractivity contribution in [2.24, 2.45) is 0 Å². The molecule has 0 bridgehead atoms. The Kier molecular flexibility index (Phi) is 2.83. The van der Waals surface area contributed by atoms with Crippen molar-refractivity contribution < 1.29 is 14.6 Å². The molecule has 2 aromatic rings. The highest BCUT2D eigenvalue weighted by atomic mass is 16.5. The third-order valence-electron chi connectivity index (χ3n) is 3.62. The summed E-state index contributed by atoms with van der Waals surface area (Å²) in [5.74, 6) is -0.171. The largest absolute Gasteiger partial charge is 0.496 e. The Morgan fingerprint density at radius 2 is 1.75 bits per heavy atom. The van der Waals surface area contributed by atoms with Crippen molar-refractivity contribution in [2.45, 2.75) is 6.92 Å². The van der Waals surface area contributed by atoms with Gasteiger partial charge in [-0.1, -0.05) is 30.3 Å². The maximum atomic E-state index is 11.1. The monoisotopic (exact) mass is 266 g/mol. The third kappa shape index (κ3) is 1.71. The maximum absolute atomic E-state index is 11.1. The molecule has 0 saturated heterocycles. The second-order valence-corrected chi connectivity index (χ2v) is 4.78. The average Bonchev–Trinajstić information content (AvgIpc) is 2.74. The maximum Gasteiger partial charge on any atom is 0.328 e. The number of carbonyl (C=O) groups is 1. The fraction of sp³-hybridized carbons (Fsp3) is 0.118. The number of aryl methyl sites for hydroxylation is 1. The van der Waals surface area contributed by atoms with Crippen LogP contribution < -0.4 is 4.74 Å². The van der Waals surface area contributed by atoms with Crippen LogP contribution in [0.15, 0.2) is 42.5 Å². The van der Waals surface area contributed by atoms with Crippen LogP contribution in [0.2, 0.25) is 0 Å². The quantitative estimate of drug-likeness (QED) is 0.722. The SMILES string of the molecule is COc1cccc2c1-c1c(C)cccc1/C2=C\C(=O)O. The van der Waals surface area contributed by atoms with Crippen LogP contribution >= 0.6 is 0 Å². The zero-order chi connectivity index (χ0) is 14.3. The van der Waals surface area contributed by atoms with E-state index >= 15 is 0 Å². The van der Waals surface area contributed by atoms with Crippen LogP contribution in [0.4, 0.5) is 0 Å². The second-order valence-electron chi connectivity index (χ2n) is 4.78. The lowest BCUT2D eigenvalue weighted by atomic mass is 9.99. The van der Waals surface area contributed by atoms with Crippen LogP contribution in [0, 0.1) is 6.92 Å². The van der Waals surface area contributed by atoms with E-state index in [0.29, 0.717) is 0 Å². The van der Waals surface area contributed by atoms with Crippen LogP contribution in [-0.2, 0) is 4.79 Å². The van der Waals surface area contributed by atoms with Gasteiger partial charge >= 0.3 is 5.97 Å². The van der Waals surface area contributed by atoms with Gasteiger partial charge in [-0.2, -0.15) is 0 Å². The fourth-order valence-electron chi connectivity index (χ4n) is 2.83. The molecule has 20 heavy (non-hydrogen) atoms. The van der Waals surface area contributed by atoms with Gasteiger partial charge in [-0.05, 0) is 40.8 Å². The molecule has 1 aliphatic rings. The minimum absolute atomic E-state index is 0.741. The Morgan fingerprint density at radius 3 is 2.40 bits per heavy atom. The summed E-state index contributed by atoms with van der Waals surface area (Å²) in [6, 6.07) is 11.6. The van der Waals surface area contributed by atoms with E-state index in [4.69, 9.17) is 9.84 Å². The van der Waals surface area contributed by atoms with Crippen LogP contribution in [0.1, 0.15) is 16.7 Å². The van der Waals surface area contributed by atoms with Crippen molar-refractivity contribution in [3.05, 3.63) is 59.2 Å². The summed E-state index contributed by atoms with van der Waals surface area (Å²) in [4.78, 5) is 11.1. The van der Waals surface area contributed by atoms with Gasteiger partial charge in [0.15, 0.2) is 0 Å². The van der Waals surface area contributed by atoms with Gasteiger partial charge in [0, 0.05) is 11.6 Å². The van der Waals surface area contributed by atoms with E-state index in [1.807, 2.05) is 43.3 Å². The molecule has 0 amide bonds. The number of hydrogen-bond acceptors (Lipinski definition) is 2. The number of fused-ring (bicyclic) bond motifs is 3. The van der Waals surface area contributed by atoms with E-state index < -0.39 is 5.97 Å². The Labute approximate surface area is 117 Å². The molecule has 0 aromatic heterocycles. The highest BCUT2D eigenvalue weighted by molar-refractivity contribution is 6.08. The van der Waals surface area contributed by atoms with Crippen LogP contribution in [0.3, 0.4) is 0 Å². The predicted octanol–water partition coefficient (Wildman–Crippen LogP) is 3.50. The number of carboxylic acid groups (broad SMARTS) is 1. The summed E-state index contributed by atoms with van der Waals surface area (Å²) in [6.07, 6.45) is 1.27. The molecule has 0 fully saturated rings. The highest BCUT2D eigenvalue weighted by Gasteiger charge is 2.28. The van der Waals surface area contributed by atoms with Crippen molar-refractivity contribution in [3.63, 3.8) is 0 Å². The Balaban J connectivity index is 2.42. The van der Waals surface area contributed by atoms with Gasteiger partial charge in [0.1, 0.15) is 5.75 Å². The molecule has 3 heteroatoms. The molecule has 3 rings (SSSR count). The van der Waals surface area contributed by atoms with Gasteiger partial charge in [0.2, 0.25) is 0 Å². The Morgan fingerprint density at radius 1 is 1.10 bits per heavy atom. The lowest BCUT2D eigenvalue weighted by Crippen LogP contribution is -1.91. The van der Waals surface area contributed by atoms with Crippen molar-refractivity contribution in [3.8, 4) is 16.9 Å². The van der Waals surface area contributed by atoms with E-state index in [1.54, 1.807) is 7.11 Å². The van der Waals surface area contributed by atoms with E-state index in [0.717, 1.165) is 39.1 Å². The summed E-state index contributed by atoms with van der Waals surface area (Å²) in [5, 5.41) is 9.11.